The summed E-state index contributed by atoms with van der Waals surface area (Å²) in [5, 5.41) is -0.609. The lowest BCUT2D eigenvalue weighted by Gasteiger charge is -2.12. The summed E-state index contributed by atoms with van der Waals surface area (Å²) < 4.78 is 5.02. The van der Waals surface area contributed by atoms with Gasteiger partial charge in [0.2, 0.25) is 5.91 Å². The Balaban J connectivity index is 3.23. The maximum absolute atomic E-state index is 10.9. The number of methoxy groups -OCH3 is 1. The van der Waals surface area contributed by atoms with E-state index >= 15 is 0 Å². The van der Waals surface area contributed by atoms with E-state index in [1.54, 1.807) is 18.2 Å². The third-order valence-electron chi connectivity index (χ3n) is 1.74. The minimum Gasteiger partial charge on any atom is -0.496 e. The van der Waals surface area contributed by atoms with Gasteiger partial charge in [-0.15, -0.1) is 11.6 Å². The van der Waals surface area contributed by atoms with Crippen LogP contribution in [0.15, 0.2) is 18.2 Å². The van der Waals surface area contributed by atoms with E-state index in [-0.39, 0.29) is 0 Å². The number of nitrogens with two attached hydrogens (primary N) is 1. The zero-order valence-corrected chi connectivity index (χ0v) is 8.97. The molecule has 0 fully saturated rings. The maximum Gasteiger partial charge on any atom is 0.240 e. The Kier molecular flexibility index (Phi) is 3.61. The number of benzene rings is 1. The molecule has 0 aliphatic carbocycles. The molecule has 0 aliphatic heterocycles. The molecule has 0 saturated carbocycles. The minimum atomic E-state index is -0.973. The van der Waals surface area contributed by atoms with Gasteiger partial charge in [-0.25, -0.2) is 0 Å². The largest absolute Gasteiger partial charge is 0.496 e. The Hall–Kier alpha value is -0.930. The summed E-state index contributed by atoms with van der Waals surface area (Å²) >= 11 is 11.7. The molecule has 1 amide bonds. The second-order valence-electron chi connectivity index (χ2n) is 2.62. The van der Waals surface area contributed by atoms with Crippen molar-refractivity contribution in [3.63, 3.8) is 0 Å². The van der Waals surface area contributed by atoms with Crippen molar-refractivity contribution in [2.75, 3.05) is 7.11 Å². The number of alkyl halides is 1. The molecule has 1 rings (SSSR count). The number of halogens is 2. The van der Waals surface area contributed by atoms with Gasteiger partial charge in [-0.05, 0) is 12.1 Å². The van der Waals surface area contributed by atoms with Crippen LogP contribution < -0.4 is 10.5 Å². The third kappa shape index (κ3) is 2.11. The SMILES string of the molecule is COc1cccc(Cl)c1C(Cl)C(N)=O. The van der Waals surface area contributed by atoms with Crippen molar-refractivity contribution in [1.82, 2.24) is 0 Å². The maximum atomic E-state index is 10.9. The predicted molar refractivity (Wildman–Crippen MR) is 55.8 cm³/mol. The molecule has 0 aliphatic rings. The van der Waals surface area contributed by atoms with Crippen molar-refractivity contribution in [3.8, 4) is 5.75 Å². The first-order valence-electron chi connectivity index (χ1n) is 3.83. The fourth-order valence-corrected chi connectivity index (χ4v) is 1.64. The summed E-state index contributed by atoms with van der Waals surface area (Å²) in [5.74, 6) is -0.200. The first-order chi connectivity index (χ1) is 6.57. The lowest BCUT2D eigenvalue weighted by molar-refractivity contribution is -0.117. The van der Waals surface area contributed by atoms with Crippen molar-refractivity contribution < 1.29 is 9.53 Å². The second kappa shape index (κ2) is 4.53. The number of ether oxygens (including phenoxy) is 1. The van der Waals surface area contributed by atoms with Crippen molar-refractivity contribution in [2.24, 2.45) is 5.73 Å². The molecule has 0 heterocycles. The minimum absolute atomic E-state index is 0.364. The van der Waals surface area contributed by atoms with Crippen LogP contribution in [-0.2, 0) is 4.79 Å². The van der Waals surface area contributed by atoms with Gasteiger partial charge in [0.25, 0.3) is 0 Å². The van der Waals surface area contributed by atoms with Gasteiger partial charge in [0.1, 0.15) is 11.1 Å². The van der Waals surface area contributed by atoms with E-state index in [9.17, 15) is 4.79 Å². The summed E-state index contributed by atoms with van der Waals surface area (Å²) in [6.07, 6.45) is 0. The predicted octanol–water partition coefficient (Wildman–Crippen LogP) is 2.11. The van der Waals surface area contributed by atoms with E-state index in [1.165, 1.54) is 7.11 Å². The standard InChI is InChI=1S/C9H9Cl2NO2/c1-14-6-4-2-3-5(10)7(6)8(11)9(12)13/h2-4,8H,1H3,(H2,12,13). The van der Waals surface area contributed by atoms with Crippen LogP contribution in [0.25, 0.3) is 0 Å². The molecule has 1 aromatic carbocycles. The van der Waals surface area contributed by atoms with E-state index in [1.807, 2.05) is 0 Å². The molecule has 0 saturated heterocycles. The van der Waals surface area contributed by atoms with Crippen molar-refractivity contribution >= 4 is 29.1 Å². The number of hydrogen-bond acceptors (Lipinski definition) is 2. The lowest BCUT2D eigenvalue weighted by Crippen LogP contribution is -2.17. The van der Waals surface area contributed by atoms with Gasteiger partial charge in [-0.1, -0.05) is 17.7 Å². The molecule has 5 heteroatoms. The molecule has 0 aromatic heterocycles. The van der Waals surface area contributed by atoms with Gasteiger partial charge in [0.15, 0.2) is 0 Å². The van der Waals surface area contributed by atoms with Crippen molar-refractivity contribution in [1.29, 1.82) is 0 Å². The van der Waals surface area contributed by atoms with Gasteiger partial charge < -0.3 is 10.5 Å². The van der Waals surface area contributed by atoms with E-state index < -0.39 is 11.3 Å². The molecule has 0 radical (unpaired) electrons. The van der Waals surface area contributed by atoms with Gasteiger partial charge in [0.05, 0.1) is 7.11 Å². The normalized spacial score (nSPS) is 12.2. The first kappa shape index (κ1) is 11.1. The molecule has 1 aromatic rings. The zero-order valence-electron chi connectivity index (χ0n) is 7.46. The number of carbonyl (C=O) groups excluding carboxylic acids is 1. The molecular formula is C9H9Cl2NO2. The number of rotatable bonds is 3. The smallest absolute Gasteiger partial charge is 0.240 e. The van der Waals surface area contributed by atoms with Gasteiger partial charge in [0, 0.05) is 10.6 Å². The molecule has 0 bridgehead atoms. The zero-order chi connectivity index (χ0) is 10.7. The number of hydrogen-bond donors (Lipinski definition) is 1. The first-order valence-corrected chi connectivity index (χ1v) is 4.65. The Morgan fingerprint density at radius 1 is 1.57 bits per heavy atom. The highest BCUT2D eigenvalue weighted by Crippen LogP contribution is 2.35. The lowest BCUT2D eigenvalue weighted by atomic mass is 10.1. The summed E-state index contributed by atoms with van der Waals surface area (Å²) in [4.78, 5) is 10.9. The average Bonchev–Trinajstić information content (AvgIpc) is 2.16. The number of carbonyl (C=O) groups is 1. The Labute approximate surface area is 91.7 Å². The van der Waals surface area contributed by atoms with Crippen LogP contribution in [-0.4, -0.2) is 13.0 Å². The number of primary amides is 1. The van der Waals surface area contributed by atoms with E-state index in [2.05, 4.69) is 0 Å². The van der Waals surface area contributed by atoms with Crippen LogP contribution in [0.4, 0.5) is 0 Å². The Morgan fingerprint density at radius 3 is 2.71 bits per heavy atom. The highest BCUT2D eigenvalue weighted by atomic mass is 35.5. The Bertz CT molecular complexity index is 355. The van der Waals surface area contributed by atoms with Crippen LogP contribution in [0, 0.1) is 0 Å². The highest BCUT2D eigenvalue weighted by molar-refractivity contribution is 6.36. The molecule has 3 nitrogen and oxygen atoms in total. The summed E-state index contributed by atoms with van der Waals surface area (Å²) in [6.45, 7) is 0. The molecule has 2 N–H and O–H groups in total. The summed E-state index contributed by atoms with van der Waals surface area (Å²) in [5.41, 5.74) is 5.48. The van der Waals surface area contributed by atoms with Gasteiger partial charge in [-0.2, -0.15) is 0 Å². The molecular weight excluding hydrogens is 225 g/mol. The summed E-state index contributed by atoms with van der Waals surface area (Å²) in [6, 6.07) is 4.99. The molecule has 76 valence electrons. The quantitative estimate of drug-likeness (QED) is 0.814. The number of amides is 1. The fraction of sp³-hybridized carbons (Fsp3) is 0.222. The molecule has 1 atom stereocenters. The third-order valence-corrected chi connectivity index (χ3v) is 2.50. The second-order valence-corrected chi connectivity index (χ2v) is 3.46. The van der Waals surface area contributed by atoms with Crippen LogP contribution in [0.1, 0.15) is 10.9 Å². The molecule has 0 spiro atoms. The summed E-state index contributed by atoms with van der Waals surface area (Å²) in [7, 11) is 1.47. The molecule has 14 heavy (non-hydrogen) atoms. The van der Waals surface area contributed by atoms with E-state index in [0.29, 0.717) is 16.3 Å². The van der Waals surface area contributed by atoms with Crippen LogP contribution in [0.5, 0.6) is 5.75 Å². The average molecular weight is 234 g/mol. The topological polar surface area (TPSA) is 52.3 Å². The highest BCUT2D eigenvalue weighted by Gasteiger charge is 2.21. The fourth-order valence-electron chi connectivity index (χ4n) is 1.08. The van der Waals surface area contributed by atoms with Crippen LogP contribution in [0.2, 0.25) is 5.02 Å². The van der Waals surface area contributed by atoms with Crippen molar-refractivity contribution in [3.05, 3.63) is 28.8 Å². The van der Waals surface area contributed by atoms with Gasteiger partial charge in [-0.3, -0.25) is 4.79 Å². The van der Waals surface area contributed by atoms with Crippen LogP contribution >= 0.6 is 23.2 Å². The monoisotopic (exact) mass is 233 g/mol. The van der Waals surface area contributed by atoms with E-state index in [0.717, 1.165) is 0 Å². The van der Waals surface area contributed by atoms with Crippen LogP contribution in [0.3, 0.4) is 0 Å². The van der Waals surface area contributed by atoms with E-state index in [4.69, 9.17) is 33.7 Å². The van der Waals surface area contributed by atoms with Gasteiger partial charge >= 0.3 is 0 Å². The molecule has 1 unspecified atom stereocenters. The Morgan fingerprint density at radius 2 is 2.21 bits per heavy atom. The van der Waals surface area contributed by atoms with Crippen molar-refractivity contribution in [2.45, 2.75) is 5.38 Å².